The average Bonchev–Trinajstić information content (AvgIpc) is 2.44. The highest BCUT2D eigenvalue weighted by Crippen LogP contribution is 2.24. The van der Waals surface area contributed by atoms with Crippen molar-refractivity contribution >= 4 is 27.3 Å². The Morgan fingerprint density at radius 1 is 0.909 bits per heavy atom. The van der Waals surface area contributed by atoms with Crippen LogP contribution in [0.4, 0.5) is 25.8 Å². The van der Waals surface area contributed by atoms with Crippen LogP contribution in [-0.4, -0.2) is 26.8 Å². The fourth-order valence-corrected chi connectivity index (χ4v) is 2.24. The summed E-state index contributed by atoms with van der Waals surface area (Å²) in [6.45, 7) is 0. The van der Waals surface area contributed by atoms with E-state index in [4.69, 9.17) is 0 Å². The molecule has 0 fully saturated rings. The van der Waals surface area contributed by atoms with Gasteiger partial charge in [-0.05, 0) is 36.4 Å². The Kier molecular flexibility index (Phi) is 4.62. The highest BCUT2D eigenvalue weighted by atomic mass is 32.2. The summed E-state index contributed by atoms with van der Waals surface area (Å²) in [4.78, 5) is 0. The first-order valence-corrected chi connectivity index (χ1v) is 7.75. The summed E-state index contributed by atoms with van der Waals surface area (Å²) in [6.07, 6.45) is 0. The molecule has 2 N–H and O–H groups in total. The van der Waals surface area contributed by atoms with Crippen molar-refractivity contribution in [2.75, 3.05) is 24.1 Å². The standard InChI is InChI=1S/C14H15F2N3O2S/c1-19(2)22(20,21)18-11-8-6-10(7-9-11)17-14-12(15)4-3-5-13(14)16/h3-9,17-18H,1-2H3. The number of benzene rings is 2. The molecule has 0 saturated heterocycles. The van der Waals surface area contributed by atoms with Gasteiger partial charge in [-0.3, -0.25) is 4.72 Å². The Labute approximate surface area is 127 Å². The van der Waals surface area contributed by atoms with Gasteiger partial charge in [0.1, 0.15) is 17.3 Å². The second kappa shape index (κ2) is 6.29. The molecule has 2 rings (SSSR count). The van der Waals surface area contributed by atoms with Gasteiger partial charge in [-0.2, -0.15) is 12.7 Å². The van der Waals surface area contributed by atoms with Gasteiger partial charge >= 0.3 is 10.2 Å². The first kappa shape index (κ1) is 16.2. The van der Waals surface area contributed by atoms with Gasteiger partial charge in [-0.25, -0.2) is 8.78 Å². The SMILES string of the molecule is CN(C)S(=O)(=O)Nc1ccc(Nc2c(F)cccc2F)cc1. The Morgan fingerprint density at radius 3 is 1.91 bits per heavy atom. The van der Waals surface area contributed by atoms with E-state index in [0.717, 1.165) is 16.4 Å². The number of rotatable bonds is 5. The fraction of sp³-hybridized carbons (Fsp3) is 0.143. The van der Waals surface area contributed by atoms with Crippen LogP contribution >= 0.6 is 0 Å². The van der Waals surface area contributed by atoms with E-state index in [1.165, 1.54) is 44.4 Å². The van der Waals surface area contributed by atoms with Gasteiger partial charge in [-0.1, -0.05) is 6.07 Å². The Morgan fingerprint density at radius 2 is 1.41 bits per heavy atom. The molecule has 118 valence electrons. The van der Waals surface area contributed by atoms with E-state index in [1.54, 1.807) is 0 Å². The fourth-order valence-electron chi connectivity index (χ4n) is 1.62. The summed E-state index contributed by atoms with van der Waals surface area (Å²) >= 11 is 0. The lowest BCUT2D eigenvalue weighted by molar-refractivity contribution is 0.527. The highest BCUT2D eigenvalue weighted by molar-refractivity contribution is 7.90. The molecule has 0 saturated carbocycles. The van der Waals surface area contributed by atoms with Gasteiger partial charge in [0.25, 0.3) is 0 Å². The molecule has 0 spiro atoms. The van der Waals surface area contributed by atoms with Crippen LogP contribution in [0.25, 0.3) is 0 Å². The molecule has 22 heavy (non-hydrogen) atoms. The van der Waals surface area contributed by atoms with Crippen LogP contribution in [0.5, 0.6) is 0 Å². The zero-order valence-electron chi connectivity index (χ0n) is 12.0. The quantitative estimate of drug-likeness (QED) is 0.887. The molecule has 0 atom stereocenters. The largest absolute Gasteiger partial charge is 0.351 e. The summed E-state index contributed by atoms with van der Waals surface area (Å²) in [7, 11) is -0.789. The van der Waals surface area contributed by atoms with Crippen LogP contribution in [-0.2, 0) is 10.2 Å². The Balaban J connectivity index is 2.16. The minimum absolute atomic E-state index is 0.260. The summed E-state index contributed by atoms with van der Waals surface area (Å²) in [5.74, 6) is -1.42. The van der Waals surface area contributed by atoms with Gasteiger partial charge in [0.05, 0.1) is 0 Å². The third kappa shape index (κ3) is 3.71. The number of para-hydroxylation sites is 1. The maximum absolute atomic E-state index is 13.5. The minimum Gasteiger partial charge on any atom is -0.351 e. The topological polar surface area (TPSA) is 61.4 Å². The predicted molar refractivity (Wildman–Crippen MR) is 82.3 cm³/mol. The summed E-state index contributed by atoms with van der Waals surface area (Å²) in [6, 6.07) is 9.56. The van der Waals surface area contributed by atoms with Crippen LogP contribution < -0.4 is 10.0 Å². The van der Waals surface area contributed by atoms with E-state index in [1.807, 2.05) is 0 Å². The van der Waals surface area contributed by atoms with Crippen LogP contribution in [0.3, 0.4) is 0 Å². The highest BCUT2D eigenvalue weighted by Gasteiger charge is 2.13. The molecule has 8 heteroatoms. The number of nitrogens with one attached hydrogen (secondary N) is 2. The van der Waals surface area contributed by atoms with E-state index in [2.05, 4.69) is 10.0 Å². The second-order valence-corrected chi connectivity index (χ2v) is 6.57. The Hall–Kier alpha value is -2.19. The lowest BCUT2D eigenvalue weighted by Crippen LogP contribution is -2.28. The Bertz CT molecular complexity index is 742. The zero-order valence-corrected chi connectivity index (χ0v) is 12.8. The summed E-state index contributed by atoms with van der Waals surface area (Å²) in [5, 5.41) is 2.62. The number of nitrogens with zero attached hydrogens (tertiary/aromatic N) is 1. The molecule has 0 heterocycles. The molecule has 0 radical (unpaired) electrons. The lowest BCUT2D eigenvalue weighted by atomic mass is 10.2. The molecule has 2 aromatic rings. The molecule has 5 nitrogen and oxygen atoms in total. The number of hydrogen-bond donors (Lipinski definition) is 2. The van der Waals surface area contributed by atoms with Crippen LogP contribution in [0.15, 0.2) is 42.5 Å². The molecule has 0 unspecified atom stereocenters. The second-order valence-electron chi connectivity index (χ2n) is 4.69. The van der Waals surface area contributed by atoms with Crippen LogP contribution in [0, 0.1) is 11.6 Å². The van der Waals surface area contributed by atoms with Crippen molar-refractivity contribution in [1.82, 2.24) is 4.31 Å². The number of anilines is 3. The van der Waals surface area contributed by atoms with Crippen molar-refractivity contribution in [3.05, 3.63) is 54.1 Å². The smallest absolute Gasteiger partial charge is 0.301 e. The van der Waals surface area contributed by atoms with Crippen molar-refractivity contribution in [2.45, 2.75) is 0 Å². The van der Waals surface area contributed by atoms with E-state index in [9.17, 15) is 17.2 Å². The zero-order chi connectivity index (χ0) is 16.3. The maximum atomic E-state index is 13.5. The first-order valence-electron chi connectivity index (χ1n) is 6.31. The molecule has 0 aliphatic carbocycles. The van der Waals surface area contributed by atoms with E-state index in [0.29, 0.717) is 11.4 Å². The van der Waals surface area contributed by atoms with Gasteiger partial charge in [-0.15, -0.1) is 0 Å². The molecule has 2 aromatic carbocycles. The average molecular weight is 327 g/mol. The van der Waals surface area contributed by atoms with Crippen molar-refractivity contribution in [1.29, 1.82) is 0 Å². The van der Waals surface area contributed by atoms with E-state index >= 15 is 0 Å². The van der Waals surface area contributed by atoms with Crippen molar-refractivity contribution in [2.24, 2.45) is 0 Å². The molecular formula is C14H15F2N3O2S. The normalized spacial score (nSPS) is 11.5. The molecule has 0 aliphatic rings. The molecule has 0 bridgehead atoms. The van der Waals surface area contributed by atoms with Gasteiger partial charge < -0.3 is 5.32 Å². The molecule has 0 aliphatic heterocycles. The van der Waals surface area contributed by atoms with E-state index in [-0.39, 0.29) is 5.69 Å². The van der Waals surface area contributed by atoms with Gasteiger partial charge in [0, 0.05) is 25.5 Å². The third-order valence-electron chi connectivity index (χ3n) is 2.84. The van der Waals surface area contributed by atoms with E-state index < -0.39 is 21.8 Å². The van der Waals surface area contributed by atoms with Gasteiger partial charge in [0.2, 0.25) is 0 Å². The van der Waals surface area contributed by atoms with Crippen molar-refractivity contribution < 1.29 is 17.2 Å². The minimum atomic E-state index is -3.59. The molecule has 0 aromatic heterocycles. The van der Waals surface area contributed by atoms with Crippen LogP contribution in [0.2, 0.25) is 0 Å². The summed E-state index contributed by atoms with van der Waals surface area (Å²) in [5.41, 5.74) is 0.508. The monoisotopic (exact) mass is 327 g/mol. The third-order valence-corrected chi connectivity index (χ3v) is 4.30. The van der Waals surface area contributed by atoms with Crippen LogP contribution in [0.1, 0.15) is 0 Å². The number of hydrogen-bond acceptors (Lipinski definition) is 3. The lowest BCUT2D eigenvalue weighted by Gasteiger charge is -2.14. The summed E-state index contributed by atoms with van der Waals surface area (Å²) < 4.78 is 53.8. The van der Waals surface area contributed by atoms with Crippen molar-refractivity contribution in [3.63, 3.8) is 0 Å². The first-order chi connectivity index (χ1) is 10.3. The van der Waals surface area contributed by atoms with Crippen molar-refractivity contribution in [3.8, 4) is 0 Å². The molecular weight excluding hydrogens is 312 g/mol. The number of halogens is 2. The maximum Gasteiger partial charge on any atom is 0.301 e. The van der Waals surface area contributed by atoms with Gasteiger partial charge in [0.15, 0.2) is 0 Å². The predicted octanol–water partition coefficient (Wildman–Crippen LogP) is 2.93. The molecule has 0 amide bonds.